The summed E-state index contributed by atoms with van der Waals surface area (Å²) in [6.07, 6.45) is 4.07. The van der Waals surface area contributed by atoms with Crippen molar-refractivity contribution in [2.45, 2.75) is 38.7 Å². The summed E-state index contributed by atoms with van der Waals surface area (Å²) >= 11 is -0.750. The van der Waals surface area contributed by atoms with Crippen molar-refractivity contribution in [2.24, 2.45) is 5.92 Å². The van der Waals surface area contributed by atoms with Gasteiger partial charge in [-0.05, 0) is 31.2 Å². The number of hydrogen-bond acceptors (Lipinski definition) is 3. The molecule has 3 nitrogen and oxygen atoms in total. The van der Waals surface area contributed by atoms with Crippen LogP contribution in [0.5, 0.6) is 0 Å². The number of benzene rings is 1. The van der Waals surface area contributed by atoms with Gasteiger partial charge in [0.25, 0.3) is 0 Å². The zero-order valence-electron chi connectivity index (χ0n) is 11.3. The first-order valence-electron chi connectivity index (χ1n) is 6.42. The molecule has 0 saturated heterocycles. The summed E-state index contributed by atoms with van der Waals surface area (Å²) in [6, 6.07) is 10.5. The first-order chi connectivity index (χ1) is 9.10. The SMILES string of the molecule is CC1=C[C@@H](c2ccccc2)[C@@H](C)[C@H](O)CC1.O=S=O. The van der Waals surface area contributed by atoms with E-state index in [0.717, 1.165) is 12.8 Å². The summed E-state index contributed by atoms with van der Waals surface area (Å²) in [4.78, 5) is 0. The summed E-state index contributed by atoms with van der Waals surface area (Å²) in [5, 5.41) is 10.1. The lowest BCUT2D eigenvalue weighted by Gasteiger charge is -2.24. The Labute approximate surface area is 118 Å². The molecule has 0 aromatic heterocycles. The van der Waals surface area contributed by atoms with Crippen molar-refractivity contribution in [3.63, 3.8) is 0 Å². The minimum atomic E-state index is -0.750. The van der Waals surface area contributed by atoms with Gasteiger partial charge in [-0.15, -0.1) is 0 Å². The topological polar surface area (TPSA) is 54.4 Å². The molecule has 1 N–H and O–H groups in total. The second-order valence-corrected chi connectivity index (χ2v) is 5.12. The molecule has 4 heteroatoms. The van der Waals surface area contributed by atoms with E-state index < -0.39 is 11.6 Å². The van der Waals surface area contributed by atoms with Crippen LogP contribution in [-0.4, -0.2) is 19.6 Å². The summed E-state index contributed by atoms with van der Waals surface area (Å²) in [6.45, 7) is 4.32. The highest BCUT2D eigenvalue weighted by molar-refractivity contribution is 7.51. The molecule has 1 aromatic rings. The maximum absolute atomic E-state index is 10.1. The molecular formula is C15H20O3S. The van der Waals surface area contributed by atoms with E-state index in [1.165, 1.54) is 11.1 Å². The lowest BCUT2D eigenvalue weighted by Crippen LogP contribution is -2.21. The molecule has 1 aliphatic rings. The van der Waals surface area contributed by atoms with Gasteiger partial charge in [0.05, 0.1) is 6.10 Å². The molecule has 0 radical (unpaired) electrons. The largest absolute Gasteiger partial charge is 0.393 e. The zero-order valence-corrected chi connectivity index (χ0v) is 12.1. The molecule has 0 heterocycles. The third kappa shape index (κ3) is 4.73. The van der Waals surface area contributed by atoms with Crippen LogP contribution in [0.1, 0.15) is 38.2 Å². The van der Waals surface area contributed by atoms with E-state index >= 15 is 0 Å². The van der Waals surface area contributed by atoms with Crippen LogP contribution < -0.4 is 0 Å². The van der Waals surface area contributed by atoms with Crippen LogP contribution in [-0.2, 0) is 11.6 Å². The molecule has 19 heavy (non-hydrogen) atoms. The Morgan fingerprint density at radius 3 is 2.37 bits per heavy atom. The Bertz CT molecular complexity index is 450. The second-order valence-electron chi connectivity index (χ2n) is 4.98. The molecule has 0 fully saturated rings. The predicted molar refractivity (Wildman–Crippen MR) is 76.3 cm³/mol. The van der Waals surface area contributed by atoms with Gasteiger partial charge in [-0.3, -0.25) is 0 Å². The minimum absolute atomic E-state index is 0.182. The van der Waals surface area contributed by atoms with Crippen molar-refractivity contribution in [1.29, 1.82) is 0 Å². The smallest absolute Gasteiger partial charge is 0.335 e. The van der Waals surface area contributed by atoms with Crippen molar-refractivity contribution < 1.29 is 13.5 Å². The molecular weight excluding hydrogens is 260 g/mol. The van der Waals surface area contributed by atoms with Crippen molar-refractivity contribution in [3.8, 4) is 0 Å². The fourth-order valence-electron chi connectivity index (χ4n) is 2.49. The Hall–Kier alpha value is -1.26. The van der Waals surface area contributed by atoms with Gasteiger partial charge in [0.1, 0.15) is 0 Å². The van der Waals surface area contributed by atoms with Gasteiger partial charge in [0.15, 0.2) is 0 Å². The maximum Gasteiger partial charge on any atom is 0.335 e. The van der Waals surface area contributed by atoms with Gasteiger partial charge in [-0.25, -0.2) is 0 Å². The molecule has 3 atom stereocenters. The van der Waals surface area contributed by atoms with Crippen molar-refractivity contribution in [3.05, 3.63) is 47.5 Å². The number of aliphatic hydroxyl groups is 1. The van der Waals surface area contributed by atoms with Crippen molar-refractivity contribution in [2.75, 3.05) is 0 Å². The predicted octanol–water partition coefficient (Wildman–Crippen LogP) is 2.84. The average Bonchev–Trinajstić information content (AvgIpc) is 2.54. The van der Waals surface area contributed by atoms with Crippen LogP contribution in [0.3, 0.4) is 0 Å². The molecule has 1 aromatic carbocycles. The van der Waals surface area contributed by atoms with Crippen LogP contribution in [0, 0.1) is 5.92 Å². The monoisotopic (exact) mass is 280 g/mol. The lowest BCUT2D eigenvalue weighted by molar-refractivity contribution is 0.104. The van der Waals surface area contributed by atoms with E-state index in [1.54, 1.807) is 0 Å². The van der Waals surface area contributed by atoms with E-state index in [9.17, 15) is 5.11 Å². The third-order valence-corrected chi connectivity index (χ3v) is 3.66. The first-order valence-corrected chi connectivity index (χ1v) is 7.09. The van der Waals surface area contributed by atoms with Crippen LogP contribution in [0.2, 0.25) is 0 Å². The van der Waals surface area contributed by atoms with Gasteiger partial charge < -0.3 is 5.11 Å². The van der Waals surface area contributed by atoms with Crippen molar-refractivity contribution >= 4 is 11.6 Å². The number of aliphatic hydroxyl groups excluding tert-OH is 1. The Kier molecular flexibility index (Phi) is 6.67. The summed E-state index contributed by atoms with van der Waals surface area (Å²) in [5.41, 5.74) is 2.72. The Morgan fingerprint density at radius 2 is 1.79 bits per heavy atom. The highest BCUT2D eigenvalue weighted by Crippen LogP contribution is 2.34. The standard InChI is InChI=1S/C15H20O.O2S/c1-11-8-9-15(16)12(2)14(10-11)13-6-4-3-5-7-13;1-3-2/h3-7,10,12,14-16H,8-9H2,1-2H3;/t12-,14-,15-;/m1./s1. The summed E-state index contributed by atoms with van der Waals surface area (Å²) in [5.74, 6) is 0.665. The Morgan fingerprint density at radius 1 is 1.21 bits per heavy atom. The Balaban J connectivity index is 0.000000550. The quantitative estimate of drug-likeness (QED) is 0.805. The molecule has 0 amide bonds. The summed E-state index contributed by atoms with van der Waals surface area (Å²) in [7, 11) is 0. The van der Waals surface area contributed by atoms with E-state index in [-0.39, 0.29) is 6.10 Å². The van der Waals surface area contributed by atoms with Gasteiger partial charge in [-0.1, -0.05) is 48.9 Å². The van der Waals surface area contributed by atoms with E-state index in [1.807, 2.05) is 6.07 Å². The fraction of sp³-hybridized carbons (Fsp3) is 0.467. The maximum atomic E-state index is 10.1. The number of allylic oxidation sites excluding steroid dienone is 2. The van der Waals surface area contributed by atoms with Crippen LogP contribution in [0.4, 0.5) is 0 Å². The van der Waals surface area contributed by atoms with Crippen LogP contribution in [0.25, 0.3) is 0 Å². The van der Waals surface area contributed by atoms with Gasteiger partial charge in [0.2, 0.25) is 0 Å². The molecule has 0 saturated carbocycles. The van der Waals surface area contributed by atoms with Crippen LogP contribution >= 0.6 is 0 Å². The first kappa shape index (κ1) is 15.8. The normalized spacial score (nSPS) is 26.5. The molecule has 0 unspecified atom stereocenters. The number of hydrogen-bond donors (Lipinski definition) is 1. The van der Waals surface area contributed by atoms with Gasteiger partial charge in [0, 0.05) is 5.92 Å². The fourth-order valence-corrected chi connectivity index (χ4v) is 2.49. The molecule has 0 bridgehead atoms. The van der Waals surface area contributed by atoms with E-state index in [2.05, 4.69) is 44.2 Å². The number of rotatable bonds is 1. The minimum Gasteiger partial charge on any atom is -0.393 e. The summed E-state index contributed by atoms with van der Waals surface area (Å²) < 4.78 is 16.6. The average molecular weight is 280 g/mol. The van der Waals surface area contributed by atoms with E-state index in [0.29, 0.717) is 11.8 Å². The highest BCUT2D eigenvalue weighted by Gasteiger charge is 2.26. The molecule has 0 spiro atoms. The third-order valence-electron chi connectivity index (χ3n) is 3.66. The lowest BCUT2D eigenvalue weighted by atomic mass is 9.84. The molecule has 1 aliphatic carbocycles. The molecule has 0 aliphatic heterocycles. The van der Waals surface area contributed by atoms with Crippen LogP contribution in [0.15, 0.2) is 42.0 Å². The van der Waals surface area contributed by atoms with Gasteiger partial charge in [-0.2, -0.15) is 8.42 Å². The van der Waals surface area contributed by atoms with Gasteiger partial charge >= 0.3 is 11.6 Å². The molecule has 104 valence electrons. The second kappa shape index (κ2) is 8.02. The molecule has 2 rings (SSSR count). The van der Waals surface area contributed by atoms with Crippen molar-refractivity contribution in [1.82, 2.24) is 0 Å². The van der Waals surface area contributed by atoms with E-state index in [4.69, 9.17) is 8.42 Å². The highest BCUT2D eigenvalue weighted by atomic mass is 32.1. The zero-order chi connectivity index (χ0) is 14.3.